The summed E-state index contributed by atoms with van der Waals surface area (Å²) in [6.45, 7) is 2.53. The highest BCUT2D eigenvalue weighted by molar-refractivity contribution is 5.97. The van der Waals surface area contributed by atoms with Gasteiger partial charge in [0.25, 0.3) is 0 Å². The van der Waals surface area contributed by atoms with E-state index in [0.717, 1.165) is 23.2 Å². The van der Waals surface area contributed by atoms with E-state index in [4.69, 9.17) is 5.73 Å². The molecule has 3 N–H and O–H groups in total. The van der Waals surface area contributed by atoms with E-state index in [9.17, 15) is 9.59 Å². The van der Waals surface area contributed by atoms with E-state index in [1.54, 1.807) is 12.1 Å². The number of carbonyl (C=O) groups excluding carboxylic acids is 2. The van der Waals surface area contributed by atoms with E-state index in [1.807, 2.05) is 43.3 Å². The van der Waals surface area contributed by atoms with Crippen LogP contribution < -0.4 is 11.1 Å². The number of aryl methyl sites for hydroxylation is 1. The van der Waals surface area contributed by atoms with Crippen LogP contribution in [0.15, 0.2) is 48.5 Å². The molecule has 0 bridgehead atoms. The average molecular weight is 310 g/mol. The minimum Gasteiger partial charge on any atom is -0.399 e. The molecule has 2 rings (SSSR count). The molecule has 0 aliphatic rings. The second-order valence-electron chi connectivity index (χ2n) is 5.63. The van der Waals surface area contributed by atoms with Gasteiger partial charge in [-0.15, -0.1) is 0 Å². The summed E-state index contributed by atoms with van der Waals surface area (Å²) in [7, 11) is 0. The van der Waals surface area contributed by atoms with E-state index in [2.05, 4.69) is 5.32 Å². The molecule has 4 nitrogen and oxygen atoms in total. The molecule has 0 unspecified atom stereocenters. The molecule has 0 radical (unpaired) electrons. The first kappa shape index (κ1) is 16.7. The normalized spacial score (nSPS) is 10.3. The molecule has 0 spiro atoms. The summed E-state index contributed by atoms with van der Waals surface area (Å²) in [6.07, 6.45) is 1.20. The lowest BCUT2D eigenvalue weighted by Crippen LogP contribution is -2.26. The van der Waals surface area contributed by atoms with Crippen molar-refractivity contribution >= 4 is 17.4 Å². The SMILES string of the molecule is Cc1ccc(C(=O)CCC(=O)NCCc2ccc(N)cc2)cc1. The molecule has 0 aromatic heterocycles. The number of rotatable bonds is 7. The zero-order chi connectivity index (χ0) is 16.7. The molecule has 0 heterocycles. The van der Waals surface area contributed by atoms with E-state index in [-0.39, 0.29) is 24.5 Å². The van der Waals surface area contributed by atoms with Crippen molar-refractivity contribution in [2.24, 2.45) is 0 Å². The van der Waals surface area contributed by atoms with Crippen molar-refractivity contribution in [1.29, 1.82) is 0 Å². The van der Waals surface area contributed by atoms with Crippen LogP contribution in [-0.4, -0.2) is 18.2 Å². The Hall–Kier alpha value is -2.62. The lowest BCUT2D eigenvalue weighted by Gasteiger charge is -2.06. The highest BCUT2D eigenvalue weighted by Gasteiger charge is 2.09. The van der Waals surface area contributed by atoms with Crippen LogP contribution in [-0.2, 0) is 11.2 Å². The fraction of sp³-hybridized carbons (Fsp3) is 0.263. The third-order valence-electron chi connectivity index (χ3n) is 3.67. The van der Waals surface area contributed by atoms with Gasteiger partial charge in [-0.1, -0.05) is 42.0 Å². The lowest BCUT2D eigenvalue weighted by atomic mass is 10.0. The number of benzene rings is 2. The molecule has 2 aromatic carbocycles. The Balaban J connectivity index is 1.69. The Kier molecular flexibility index (Phi) is 5.92. The molecule has 0 fully saturated rings. The quantitative estimate of drug-likeness (QED) is 0.610. The number of anilines is 1. The number of nitrogens with two attached hydrogens (primary N) is 1. The number of hydrogen-bond acceptors (Lipinski definition) is 3. The van der Waals surface area contributed by atoms with E-state index >= 15 is 0 Å². The van der Waals surface area contributed by atoms with Gasteiger partial charge in [-0.2, -0.15) is 0 Å². The minimum atomic E-state index is -0.0964. The van der Waals surface area contributed by atoms with Crippen molar-refractivity contribution < 1.29 is 9.59 Å². The van der Waals surface area contributed by atoms with Crippen LogP contribution >= 0.6 is 0 Å². The van der Waals surface area contributed by atoms with Gasteiger partial charge in [-0.3, -0.25) is 9.59 Å². The molecule has 0 aliphatic carbocycles. The Morgan fingerprint density at radius 1 is 0.957 bits per heavy atom. The van der Waals surface area contributed by atoms with Crippen LogP contribution in [0.1, 0.15) is 34.3 Å². The second-order valence-corrected chi connectivity index (χ2v) is 5.63. The van der Waals surface area contributed by atoms with Crippen molar-refractivity contribution in [3.8, 4) is 0 Å². The Bertz CT molecular complexity index is 661. The molecule has 4 heteroatoms. The van der Waals surface area contributed by atoms with Gasteiger partial charge < -0.3 is 11.1 Å². The summed E-state index contributed by atoms with van der Waals surface area (Å²) in [6, 6.07) is 15.0. The Morgan fingerprint density at radius 2 is 1.61 bits per heavy atom. The fourth-order valence-corrected chi connectivity index (χ4v) is 2.23. The van der Waals surface area contributed by atoms with E-state index in [1.165, 1.54) is 0 Å². The summed E-state index contributed by atoms with van der Waals surface area (Å²) in [4.78, 5) is 23.8. The molecule has 0 atom stereocenters. The van der Waals surface area contributed by atoms with Crippen LogP contribution in [0.5, 0.6) is 0 Å². The Labute approximate surface area is 136 Å². The van der Waals surface area contributed by atoms with Gasteiger partial charge in [0.2, 0.25) is 5.91 Å². The second kappa shape index (κ2) is 8.13. The minimum absolute atomic E-state index is 0.00122. The highest BCUT2D eigenvalue weighted by atomic mass is 16.2. The van der Waals surface area contributed by atoms with Crippen LogP contribution in [0.4, 0.5) is 5.69 Å². The molecule has 120 valence electrons. The van der Waals surface area contributed by atoms with Gasteiger partial charge in [0.1, 0.15) is 0 Å². The number of ketones is 1. The topological polar surface area (TPSA) is 72.2 Å². The molecule has 23 heavy (non-hydrogen) atoms. The zero-order valence-corrected chi connectivity index (χ0v) is 13.3. The van der Waals surface area contributed by atoms with Gasteiger partial charge in [0.05, 0.1) is 0 Å². The van der Waals surface area contributed by atoms with Gasteiger partial charge in [0, 0.05) is 30.6 Å². The largest absolute Gasteiger partial charge is 0.399 e. The first-order chi connectivity index (χ1) is 11.0. The first-order valence-corrected chi connectivity index (χ1v) is 7.75. The van der Waals surface area contributed by atoms with E-state index in [0.29, 0.717) is 12.1 Å². The van der Waals surface area contributed by atoms with Crippen molar-refractivity contribution in [2.75, 3.05) is 12.3 Å². The molecule has 2 aromatic rings. The maximum Gasteiger partial charge on any atom is 0.220 e. The molecule has 0 saturated carbocycles. The van der Waals surface area contributed by atoms with Crippen LogP contribution in [0.25, 0.3) is 0 Å². The number of hydrogen-bond donors (Lipinski definition) is 2. The van der Waals surface area contributed by atoms with Crippen LogP contribution in [0.2, 0.25) is 0 Å². The standard InChI is InChI=1S/C19H22N2O2/c1-14-2-6-16(7-3-14)18(22)10-11-19(23)21-13-12-15-4-8-17(20)9-5-15/h2-9H,10-13,20H2,1H3,(H,21,23). The number of amides is 1. The van der Waals surface area contributed by atoms with Crippen molar-refractivity contribution in [3.05, 3.63) is 65.2 Å². The molecule has 1 amide bonds. The summed E-state index contributed by atoms with van der Waals surface area (Å²) in [5, 5.41) is 2.84. The maximum absolute atomic E-state index is 12.0. The van der Waals surface area contributed by atoms with Gasteiger partial charge >= 0.3 is 0 Å². The predicted octanol–water partition coefficient (Wildman–Crippen LogP) is 2.90. The first-order valence-electron chi connectivity index (χ1n) is 7.75. The fourth-order valence-electron chi connectivity index (χ4n) is 2.23. The summed E-state index contributed by atoms with van der Waals surface area (Å²) in [5.41, 5.74) is 9.25. The van der Waals surface area contributed by atoms with E-state index < -0.39 is 0 Å². The Morgan fingerprint density at radius 3 is 2.26 bits per heavy atom. The molecular formula is C19H22N2O2. The van der Waals surface area contributed by atoms with Crippen LogP contribution in [0.3, 0.4) is 0 Å². The summed E-state index contributed by atoms with van der Waals surface area (Å²) < 4.78 is 0. The number of nitrogen functional groups attached to an aromatic ring is 1. The van der Waals surface area contributed by atoms with Gasteiger partial charge in [-0.05, 0) is 31.0 Å². The summed E-state index contributed by atoms with van der Waals surface area (Å²) in [5.74, 6) is -0.0976. The predicted molar refractivity (Wildman–Crippen MR) is 92.3 cm³/mol. The summed E-state index contributed by atoms with van der Waals surface area (Å²) >= 11 is 0. The molecule has 0 saturated heterocycles. The average Bonchev–Trinajstić information content (AvgIpc) is 2.55. The third kappa shape index (κ3) is 5.58. The van der Waals surface area contributed by atoms with Crippen molar-refractivity contribution in [3.63, 3.8) is 0 Å². The highest BCUT2D eigenvalue weighted by Crippen LogP contribution is 2.08. The van der Waals surface area contributed by atoms with Gasteiger partial charge in [-0.25, -0.2) is 0 Å². The van der Waals surface area contributed by atoms with Crippen LogP contribution in [0, 0.1) is 6.92 Å². The number of Topliss-reactive ketones (excluding diaryl/α,β-unsaturated/α-hetero) is 1. The monoisotopic (exact) mass is 310 g/mol. The molecule has 0 aliphatic heterocycles. The maximum atomic E-state index is 12.0. The zero-order valence-electron chi connectivity index (χ0n) is 13.3. The lowest BCUT2D eigenvalue weighted by molar-refractivity contribution is -0.121. The smallest absolute Gasteiger partial charge is 0.220 e. The number of nitrogens with one attached hydrogen (secondary N) is 1. The number of carbonyl (C=O) groups is 2. The third-order valence-corrected chi connectivity index (χ3v) is 3.67. The van der Waals surface area contributed by atoms with Gasteiger partial charge in [0.15, 0.2) is 5.78 Å². The molecular weight excluding hydrogens is 288 g/mol. The van der Waals surface area contributed by atoms with Crippen molar-refractivity contribution in [1.82, 2.24) is 5.32 Å². The van der Waals surface area contributed by atoms with Crippen molar-refractivity contribution in [2.45, 2.75) is 26.2 Å².